The monoisotopic (exact) mass is 253 g/mol. The summed E-state index contributed by atoms with van der Waals surface area (Å²) in [6.07, 6.45) is -2.45. The first-order chi connectivity index (χ1) is 8.41. The first-order valence-electron chi connectivity index (χ1n) is 5.35. The highest BCUT2D eigenvalue weighted by Crippen LogP contribution is 2.18. The van der Waals surface area contributed by atoms with E-state index in [1.165, 1.54) is 31.2 Å². The van der Waals surface area contributed by atoms with Gasteiger partial charge in [0.15, 0.2) is 0 Å². The van der Waals surface area contributed by atoms with Gasteiger partial charge in [0.25, 0.3) is 0 Å². The van der Waals surface area contributed by atoms with Gasteiger partial charge in [0.1, 0.15) is 12.2 Å². The second kappa shape index (κ2) is 6.13. The minimum atomic E-state index is -1.25. The van der Waals surface area contributed by atoms with Gasteiger partial charge in [-0.3, -0.25) is 4.79 Å². The lowest BCUT2D eigenvalue weighted by molar-refractivity contribution is -0.119. The van der Waals surface area contributed by atoms with E-state index < -0.39 is 18.2 Å². The molecule has 1 amide bonds. The summed E-state index contributed by atoms with van der Waals surface area (Å²) < 4.78 is 0. The molecule has 0 bridgehead atoms. The fourth-order valence-electron chi connectivity index (χ4n) is 1.44. The number of aromatic carboxylic acids is 1. The number of amides is 1. The molecule has 0 heterocycles. The van der Waals surface area contributed by atoms with Crippen molar-refractivity contribution in [3.05, 3.63) is 35.4 Å². The molecule has 4 N–H and O–H groups in total. The van der Waals surface area contributed by atoms with Gasteiger partial charge in [-0.1, -0.05) is 12.1 Å². The summed E-state index contributed by atoms with van der Waals surface area (Å²) in [4.78, 5) is 21.4. The second-order valence-electron chi connectivity index (χ2n) is 3.88. The molecule has 0 aromatic heterocycles. The van der Waals surface area contributed by atoms with Gasteiger partial charge < -0.3 is 20.6 Å². The van der Waals surface area contributed by atoms with E-state index in [9.17, 15) is 19.8 Å². The summed E-state index contributed by atoms with van der Waals surface area (Å²) in [5.41, 5.74) is 0.311. The fourth-order valence-corrected chi connectivity index (χ4v) is 1.44. The van der Waals surface area contributed by atoms with E-state index in [0.29, 0.717) is 0 Å². The van der Waals surface area contributed by atoms with Gasteiger partial charge in [0, 0.05) is 13.5 Å². The van der Waals surface area contributed by atoms with Crippen LogP contribution in [0.25, 0.3) is 0 Å². The van der Waals surface area contributed by atoms with E-state index in [4.69, 9.17) is 5.11 Å². The van der Waals surface area contributed by atoms with Gasteiger partial charge in [0.05, 0.1) is 5.56 Å². The average molecular weight is 253 g/mol. The number of rotatable bonds is 5. The van der Waals surface area contributed by atoms with Crippen LogP contribution in [0.3, 0.4) is 0 Å². The smallest absolute Gasteiger partial charge is 0.335 e. The highest BCUT2D eigenvalue weighted by Gasteiger charge is 2.19. The van der Waals surface area contributed by atoms with E-state index in [1.54, 1.807) is 0 Å². The van der Waals surface area contributed by atoms with Gasteiger partial charge in [0.2, 0.25) is 5.91 Å². The molecule has 1 aromatic carbocycles. The number of benzene rings is 1. The van der Waals surface area contributed by atoms with Gasteiger partial charge in [-0.05, 0) is 17.7 Å². The van der Waals surface area contributed by atoms with Crippen molar-refractivity contribution in [2.24, 2.45) is 0 Å². The molecule has 6 nitrogen and oxygen atoms in total. The van der Waals surface area contributed by atoms with Crippen molar-refractivity contribution >= 4 is 11.9 Å². The van der Waals surface area contributed by atoms with Crippen LogP contribution in [0.4, 0.5) is 0 Å². The Bertz CT molecular complexity index is 446. The number of carbonyl (C=O) groups excluding carboxylic acids is 1. The van der Waals surface area contributed by atoms with E-state index in [-0.39, 0.29) is 23.6 Å². The van der Waals surface area contributed by atoms with E-state index in [2.05, 4.69) is 5.32 Å². The fraction of sp³-hybridized carbons (Fsp3) is 0.333. The molecule has 18 heavy (non-hydrogen) atoms. The van der Waals surface area contributed by atoms with E-state index in [1.807, 2.05) is 0 Å². The standard InChI is InChI=1S/C12H15NO5/c1-7(14)13-6-10(15)11(16)8-3-2-4-9(5-8)12(17)18/h2-5,10-11,15-16H,6H2,1H3,(H,13,14)(H,17,18). The largest absolute Gasteiger partial charge is 0.478 e. The number of aliphatic hydroxyl groups excluding tert-OH is 2. The van der Waals surface area contributed by atoms with Crippen LogP contribution in [-0.4, -0.2) is 39.8 Å². The molecule has 0 fully saturated rings. The molecular formula is C12H15NO5. The van der Waals surface area contributed by atoms with Crippen LogP contribution >= 0.6 is 0 Å². The number of hydrogen-bond acceptors (Lipinski definition) is 4. The minimum Gasteiger partial charge on any atom is -0.478 e. The number of carboxylic acid groups (broad SMARTS) is 1. The number of carbonyl (C=O) groups is 2. The molecule has 0 aliphatic heterocycles. The van der Waals surface area contributed by atoms with E-state index >= 15 is 0 Å². The highest BCUT2D eigenvalue weighted by atomic mass is 16.4. The Morgan fingerprint density at radius 1 is 1.33 bits per heavy atom. The Kier molecular flexibility index (Phi) is 4.82. The topological polar surface area (TPSA) is 107 Å². The molecule has 0 spiro atoms. The maximum atomic E-state index is 10.8. The van der Waals surface area contributed by atoms with Crippen molar-refractivity contribution in [1.82, 2.24) is 5.32 Å². The molecule has 0 aliphatic rings. The Morgan fingerprint density at radius 3 is 2.56 bits per heavy atom. The Balaban J connectivity index is 2.76. The quantitative estimate of drug-likeness (QED) is 0.587. The van der Waals surface area contributed by atoms with Crippen molar-refractivity contribution < 1.29 is 24.9 Å². The van der Waals surface area contributed by atoms with Crippen LogP contribution in [0.15, 0.2) is 24.3 Å². The van der Waals surface area contributed by atoms with Crippen molar-refractivity contribution in [2.45, 2.75) is 19.1 Å². The third-order valence-electron chi connectivity index (χ3n) is 2.40. The molecule has 0 saturated carbocycles. The molecule has 0 aliphatic carbocycles. The van der Waals surface area contributed by atoms with Crippen molar-refractivity contribution in [2.75, 3.05) is 6.54 Å². The summed E-state index contributed by atoms with van der Waals surface area (Å²) in [6, 6.07) is 5.66. The summed E-state index contributed by atoms with van der Waals surface area (Å²) >= 11 is 0. The summed E-state index contributed by atoms with van der Waals surface area (Å²) in [6.45, 7) is 1.19. The molecule has 1 rings (SSSR count). The van der Waals surface area contributed by atoms with Crippen LogP contribution < -0.4 is 5.32 Å². The number of carboxylic acids is 1. The summed E-state index contributed by atoms with van der Waals surface area (Å²) in [7, 11) is 0. The van der Waals surface area contributed by atoms with Gasteiger partial charge in [-0.2, -0.15) is 0 Å². The summed E-state index contributed by atoms with van der Waals surface area (Å²) in [5, 5.41) is 30.6. The minimum absolute atomic E-state index is 0.0262. The van der Waals surface area contributed by atoms with Crippen LogP contribution in [0.2, 0.25) is 0 Å². The van der Waals surface area contributed by atoms with Crippen LogP contribution in [-0.2, 0) is 4.79 Å². The Morgan fingerprint density at radius 2 is 2.00 bits per heavy atom. The zero-order valence-corrected chi connectivity index (χ0v) is 9.83. The van der Waals surface area contributed by atoms with Gasteiger partial charge >= 0.3 is 5.97 Å². The van der Waals surface area contributed by atoms with Crippen LogP contribution in [0.5, 0.6) is 0 Å². The SMILES string of the molecule is CC(=O)NCC(O)C(O)c1cccc(C(=O)O)c1. The third kappa shape index (κ3) is 3.83. The van der Waals surface area contributed by atoms with Gasteiger partial charge in [-0.25, -0.2) is 4.79 Å². The van der Waals surface area contributed by atoms with Crippen LogP contribution in [0.1, 0.15) is 28.9 Å². The van der Waals surface area contributed by atoms with Crippen molar-refractivity contribution in [3.8, 4) is 0 Å². The van der Waals surface area contributed by atoms with Crippen LogP contribution in [0, 0.1) is 0 Å². The molecule has 2 unspecified atom stereocenters. The number of hydrogen-bond donors (Lipinski definition) is 4. The zero-order chi connectivity index (χ0) is 13.7. The summed E-state index contributed by atoms with van der Waals surface area (Å²) in [5.74, 6) is -1.43. The molecular weight excluding hydrogens is 238 g/mol. The molecule has 98 valence electrons. The molecule has 2 atom stereocenters. The third-order valence-corrected chi connectivity index (χ3v) is 2.40. The Labute approximate surface area is 104 Å². The molecule has 6 heteroatoms. The average Bonchev–Trinajstić information content (AvgIpc) is 2.35. The lowest BCUT2D eigenvalue weighted by Crippen LogP contribution is -2.34. The maximum Gasteiger partial charge on any atom is 0.335 e. The number of nitrogens with one attached hydrogen (secondary N) is 1. The maximum absolute atomic E-state index is 10.8. The Hall–Kier alpha value is -1.92. The predicted molar refractivity (Wildman–Crippen MR) is 63.1 cm³/mol. The molecule has 0 saturated heterocycles. The number of aliphatic hydroxyl groups is 2. The second-order valence-corrected chi connectivity index (χ2v) is 3.88. The van der Waals surface area contributed by atoms with Crippen molar-refractivity contribution in [1.29, 1.82) is 0 Å². The normalized spacial score (nSPS) is 13.7. The zero-order valence-electron chi connectivity index (χ0n) is 9.83. The van der Waals surface area contributed by atoms with Crippen molar-refractivity contribution in [3.63, 3.8) is 0 Å². The van der Waals surface area contributed by atoms with E-state index in [0.717, 1.165) is 0 Å². The first-order valence-corrected chi connectivity index (χ1v) is 5.35. The molecule has 1 aromatic rings. The highest BCUT2D eigenvalue weighted by molar-refractivity contribution is 5.87. The predicted octanol–water partition coefficient (Wildman–Crippen LogP) is -0.0848. The first kappa shape index (κ1) is 14.1. The lowest BCUT2D eigenvalue weighted by atomic mass is 10.0. The molecule has 0 radical (unpaired) electrons. The van der Waals surface area contributed by atoms with Gasteiger partial charge in [-0.15, -0.1) is 0 Å². The lowest BCUT2D eigenvalue weighted by Gasteiger charge is -2.18.